The zero-order valence-electron chi connectivity index (χ0n) is 18.0. The van der Waals surface area contributed by atoms with E-state index in [-0.39, 0.29) is 23.3 Å². The molecule has 2 aromatic carbocycles. The van der Waals surface area contributed by atoms with E-state index in [0.29, 0.717) is 16.3 Å². The number of hydrogen-bond donors (Lipinski definition) is 1. The van der Waals surface area contributed by atoms with Crippen molar-refractivity contribution < 1.29 is 4.79 Å². The summed E-state index contributed by atoms with van der Waals surface area (Å²) in [5, 5.41) is 13.0. The molecule has 0 radical (unpaired) electrons. The Morgan fingerprint density at radius 2 is 1.84 bits per heavy atom. The van der Waals surface area contributed by atoms with Crippen LogP contribution in [0.5, 0.6) is 0 Å². The first-order chi connectivity index (χ1) is 15.7. The Morgan fingerprint density at radius 1 is 1.09 bits per heavy atom. The molecule has 2 heterocycles. The fourth-order valence-corrected chi connectivity index (χ4v) is 5.11. The summed E-state index contributed by atoms with van der Waals surface area (Å²) in [6, 6.07) is 15.6. The minimum absolute atomic E-state index is 0.00596. The van der Waals surface area contributed by atoms with E-state index < -0.39 is 0 Å². The lowest BCUT2D eigenvalue weighted by atomic mass is 10.1. The van der Waals surface area contributed by atoms with Crippen molar-refractivity contribution in [1.82, 2.24) is 24.5 Å². The SMILES string of the molecule is CCc1ccc(-n2c(=O)c3ccccc3n3c(SCC(=O)NC4CCCC4)nnc23)cc1. The molecular formula is C24H25N5O2S. The van der Waals surface area contributed by atoms with Crippen LogP contribution in [0.25, 0.3) is 22.4 Å². The van der Waals surface area contributed by atoms with Gasteiger partial charge < -0.3 is 5.32 Å². The van der Waals surface area contributed by atoms with Gasteiger partial charge in [-0.05, 0) is 49.1 Å². The van der Waals surface area contributed by atoms with Crippen LogP contribution < -0.4 is 10.9 Å². The maximum Gasteiger partial charge on any atom is 0.267 e. The number of thioether (sulfide) groups is 1. The summed E-state index contributed by atoms with van der Waals surface area (Å²) in [6.07, 6.45) is 5.39. The highest BCUT2D eigenvalue weighted by Crippen LogP contribution is 2.24. The molecule has 4 aromatic rings. The predicted octanol–water partition coefficient (Wildman–Crippen LogP) is 3.75. The number of benzene rings is 2. The number of aromatic nitrogens is 4. The van der Waals surface area contributed by atoms with Crippen LogP contribution in [0, 0.1) is 0 Å². The zero-order valence-corrected chi connectivity index (χ0v) is 18.8. The first-order valence-corrected chi connectivity index (χ1v) is 12.0. The second-order valence-corrected chi connectivity index (χ2v) is 9.08. The van der Waals surface area contributed by atoms with Gasteiger partial charge in [0, 0.05) is 6.04 Å². The second-order valence-electron chi connectivity index (χ2n) is 8.13. The molecule has 0 bridgehead atoms. The molecule has 1 aliphatic rings. The number of carbonyl (C=O) groups is 1. The van der Waals surface area contributed by atoms with Crippen molar-refractivity contribution in [2.45, 2.75) is 50.2 Å². The molecule has 1 amide bonds. The summed E-state index contributed by atoms with van der Waals surface area (Å²) in [5.41, 5.74) is 2.54. The van der Waals surface area contributed by atoms with Crippen molar-refractivity contribution in [2.24, 2.45) is 0 Å². The Balaban J connectivity index is 1.56. The Morgan fingerprint density at radius 3 is 2.59 bits per heavy atom. The lowest BCUT2D eigenvalue weighted by molar-refractivity contribution is -0.119. The van der Waals surface area contributed by atoms with Crippen LogP contribution in [-0.2, 0) is 11.2 Å². The van der Waals surface area contributed by atoms with Gasteiger partial charge in [-0.3, -0.25) is 14.0 Å². The molecule has 2 aromatic heterocycles. The molecule has 1 aliphatic carbocycles. The van der Waals surface area contributed by atoms with Crippen molar-refractivity contribution in [1.29, 1.82) is 0 Å². The predicted molar refractivity (Wildman–Crippen MR) is 127 cm³/mol. The van der Waals surface area contributed by atoms with Crippen molar-refractivity contribution in [3.8, 4) is 5.69 Å². The summed E-state index contributed by atoms with van der Waals surface area (Å²) in [5.74, 6) is 0.707. The van der Waals surface area contributed by atoms with Crippen LogP contribution in [0.1, 0.15) is 38.2 Å². The van der Waals surface area contributed by atoms with Crippen LogP contribution in [0.3, 0.4) is 0 Å². The number of aryl methyl sites for hydroxylation is 1. The average molecular weight is 448 g/mol. The molecule has 0 aliphatic heterocycles. The van der Waals surface area contributed by atoms with Crippen LogP contribution in [0.15, 0.2) is 58.5 Å². The molecular weight excluding hydrogens is 422 g/mol. The van der Waals surface area contributed by atoms with Gasteiger partial charge in [0.05, 0.1) is 22.3 Å². The number of fused-ring (bicyclic) bond motifs is 3. The monoisotopic (exact) mass is 447 g/mol. The second kappa shape index (κ2) is 8.78. The molecule has 0 atom stereocenters. The van der Waals surface area contributed by atoms with Gasteiger partial charge in [0.2, 0.25) is 11.7 Å². The third-order valence-electron chi connectivity index (χ3n) is 6.05. The van der Waals surface area contributed by atoms with Crippen molar-refractivity contribution in [3.63, 3.8) is 0 Å². The van der Waals surface area contributed by atoms with E-state index in [2.05, 4.69) is 22.4 Å². The summed E-state index contributed by atoms with van der Waals surface area (Å²) in [4.78, 5) is 25.8. The minimum atomic E-state index is -0.139. The topological polar surface area (TPSA) is 81.3 Å². The van der Waals surface area contributed by atoms with Gasteiger partial charge in [-0.1, -0.05) is 55.8 Å². The lowest BCUT2D eigenvalue weighted by Crippen LogP contribution is -2.33. The maximum absolute atomic E-state index is 13.4. The highest BCUT2D eigenvalue weighted by Gasteiger charge is 2.20. The summed E-state index contributed by atoms with van der Waals surface area (Å²) in [6.45, 7) is 2.10. The lowest BCUT2D eigenvalue weighted by Gasteiger charge is -2.12. The van der Waals surface area contributed by atoms with Gasteiger partial charge >= 0.3 is 0 Å². The van der Waals surface area contributed by atoms with Gasteiger partial charge in [0.1, 0.15) is 0 Å². The van der Waals surface area contributed by atoms with Gasteiger partial charge in [-0.15, -0.1) is 10.2 Å². The van der Waals surface area contributed by atoms with Gasteiger partial charge in [-0.25, -0.2) is 4.57 Å². The fraction of sp³-hybridized carbons (Fsp3) is 0.333. The normalized spacial score (nSPS) is 14.4. The third kappa shape index (κ3) is 3.79. The Hall–Kier alpha value is -3.13. The molecule has 1 N–H and O–H groups in total. The molecule has 0 saturated heterocycles. The molecule has 5 rings (SSSR count). The highest BCUT2D eigenvalue weighted by molar-refractivity contribution is 7.99. The number of amides is 1. The number of hydrogen-bond acceptors (Lipinski definition) is 5. The quantitative estimate of drug-likeness (QED) is 0.455. The Bertz CT molecular complexity index is 1340. The molecule has 1 fully saturated rings. The van der Waals surface area contributed by atoms with E-state index in [1.807, 2.05) is 52.9 Å². The molecule has 1 saturated carbocycles. The molecule has 8 heteroatoms. The zero-order chi connectivity index (χ0) is 22.1. The first kappa shape index (κ1) is 20.8. The number of nitrogens with zero attached hydrogens (tertiary/aromatic N) is 4. The van der Waals surface area contributed by atoms with Crippen molar-refractivity contribution >= 4 is 34.3 Å². The van der Waals surface area contributed by atoms with E-state index in [1.165, 1.54) is 30.2 Å². The third-order valence-corrected chi connectivity index (χ3v) is 6.98. The number of carbonyl (C=O) groups excluding carboxylic acids is 1. The number of rotatable bonds is 6. The van der Waals surface area contributed by atoms with Gasteiger partial charge in [0.25, 0.3) is 5.56 Å². The van der Waals surface area contributed by atoms with Gasteiger partial charge in [0.15, 0.2) is 5.16 Å². The molecule has 0 spiro atoms. The van der Waals surface area contributed by atoms with E-state index in [4.69, 9.17) is 0 Å². The van der Waals surface area contributed by atoms with E-state index in [0.717, 1.165) is 30.5 Å². The van der Waals surface area contributed by atoms with Crippen molar-refractivity contribution in [2.75, 3.05) is 5.75 Å². The summed E-state index contributed by atoms with van der Waals surface area (Å²) < 4.78 is 3.47. The number of nitrogens with one attached hydrogen (secondary N) is 1. The number of para-hydroxylation sites is 1. The molecule has 0 unspecified atom stereocenters. The van der Waals surface area contributed by atoms with Crippen LogP contribution in [0.4, 0.5) is 0 Å². The Labute approximate surface area is 189 Å². The van der Waals surface area contributed by atoms with Gasteiger partial charge in [-0.2, -0.15) is 0 Å². The fourth-order valence-electron chi connectivity index (χ4n) is 4.36. The maximum atomic E-state index is 13.4. The highest BCUT2D eigenvalue weighted by atomic mass is 32.2. The summed E-state index contributed by atoms with van der Waals surface area (Å²) >= 11 is 1.34. The molecule has 164 valence electrons. The average Bonchev–Trinajstić information content (AvgIpc) is 3.48. The standard InChI is InChI=1S/C24H25N5O2S/c1-2-16-11-13-18(14-12-16)28-22(31)19-9-5-6-10-20(19)29-23(28)26-27-24(29)32-15-21(30)25-17-7-3-4-8-17/h5-6,9-14,17H,2-4,7-8,15H2,1H3,(H,25,30). The van der Waals surface area contributed by atoms with Crippen LogP contribution in [-0.4, -0.2) is 36.9 Å². The molecule has 32 heavy (non-hydrogen) atoms. The smallest absolute Gasteiger partial charge is 0.267 e. The minimum Gasteiger partial charge on any atom is -0.353 e. The Kier molecular flexibility index (Phi) is 5.70. The summed E-state index contributed by atoms with van der Waals surface area (Å²) in [7, 11) is 0. The van der Waals surface area contributed by atoms with E-state index in [9.17, 15) is 9.59 Å². The van der Waals surface area contributed by atoms with Crippen LogP contribution in [0.2, 0.25) is 0 Å². The first-order valence-electron chi connectivity index (χ1n) is 11.1. The van der Waals surface area contributed by atoms with Crippen molar-refractivity contribution in [3.05, 3.63) is 64.4 Å². The van der Waals surface area contributed by atoms with Crippen LogP contribution >= 0.6 is 11.8 Å². The van der Waals surface area contributed by atoms with E-state index >= 15 is 0 Å². The molecule has 7 nitrogen and oxygen atoms in total. The van der Waals surface area contributed by atoms with E-state index in [1.54, 1.807) is 4.57 Å². The largest absolute Gasteiger partial charge is 0.353 e.